The van der Waals surface area contributed by atoms with E-state index in [1.54, 1.807) is 20.0 Å². The number of nitrogens with one attached hydrogen (secondary N) is 1. The first-order chi connectivity index (χ1) is 9.43. The number of ether oxygens (including phenoxy) is 1. The molecule has 20 heavy (non-hydrogen) atoms. The molecule has 0 spiro atoms. The van der Waals surface area contributed by atoms with Gasteiger partial charge in [0.15, 0.2) is 0 Å². The molecular weight excluding hydrogens is 258 g/mol. The number of hydrogen-bond donors (Lipinski definition) is 1. The quantitative estimate of drug-likeness (QED) is 0.675. The Morgan fingerprint density at radius 3 is 2.90 bits per heavy atom. The molecule has 6 heteroatoms. The van der Waals surface area contributed by atoms with Gasteiger partial charge in [0.2, 0.25) is 0 Å². The second kappa shape index (κ2) is 5.85. The van der Waals surface area contributed by atoms with Crippen LogP contribution in [-0.4, -0.2) is 28.7 Å². The second-order valence-electron chi connectivity index (χ2n) is 5.69. The molecule has 1 saturated heterocycles. The lowest BCUT2D eigenvalue weighted by Gasteiger charge is -2.34. The number of hydrogen-bond acceptors (Lipinski definition) is 5. The van der Waals surface area contributed by atoms with Crippen molar-refractivity contribution in [3.8, 4) is 0 Å². The number of aryl methyl sites for hydroxylation is 1. The Balaban J connectivity index is 2.14. The van der Waals surface area contributed by atoms with Gasteiger partial charge in [0.05, 0.1) is 17.2 Å². The Labute approximate surface area is 118 Å². The fourth-order valence-electron chi connectivity index (χ4n) is 2.59. The van der Waals surface area contributed by atoms with Crippen LogP contribution in [0.2, 0.25) is 0 Å². The van der Waals surface area contributed by atoms with Gasteiger partial charge in [0, 0.05) is 36.0 Å². The summed E-state index contributed by atoms with van der Waals surface area (Å²) in [5.41, 5.74) is 2.06. The fourth-order valence-corrected chi connectivity index (χ4v) is 2.59. The van der Waals surface area contributed by atoms with Crippen LogP contribution in [0.25, 0.3) is 0 Å². The first kappa shape index (κ1) is 14.9. The first-order valence-electron chi connectivity index (χ1n) is 6.85. The molecule has 2 heterocycles. The lowest BCUT2D eigenvalue weighted by molar-refractivity contribution is -0.386. The Bertz CT molecular complexity index is 511. The normalized spacial score (nSPS) is 22.8. The van der Waals surface area contributed by atoms with E-state index < -0.39 is 0 Å². The molecular formula is C14H21N3O3. The van der Waals surface area contributed by atoms with Crippen molar-refractivity contribution in [2.75, 3.05) is 13.2 Å². The predicted octanol–water partition coefficient (Wildman–Crippen LogP) is 2.27. The van der Waals surface area contributed by atoms with Crippen LogP contribution >= 0.6 is 0 Å². The molecule has 0 bridgehead atoms. The summed E-state index contributed by atoms with van der Waals surface area (Å²) >= 11 is 0. The lowest BCUT2D eigenvalue weighted by Crippen LogP contribution is -2.48. The maximum atomic E-state index is 11.1. The molecule has 6 nitrogen and oxygen atoms in total. The smallest absolute Gasteiger partial charge is 0.278 e. The third-order valence-corrected chi connectivity index (χ3v) is 3.88. The van der Waals surface area contributed by atoms with E-state index in [1.165, 1.54) is 0 Å². The van der Waals surface area contributed by atoms with E-state index >= 15 is 0 Å². The van der Waals surface area contributed by atoms with Crippen LogP contribution in [0.1, 0.15) is 36.6 Å². The Morgan fingerprint density at radius 1 is 1.55 bits per heavy atom. The number of aromatic nitrogens is 1. The van der Waals surface area contributed by atoms with E-state index in [1.807, 2.05) is 0 Å². The average molecular weight is 279 g/mol. The second-order valence-corrected chi connectivity index (χ2v) is 5.69. The molecule has 0 radical (unpaired) electrons. The molecule has 1 N–H and O–H groups in total. The average Bonchev–Trinajstić information content (AvgIpc) is 2.38. The number of nitro groups is 1. The van der Waals surface area contributed by atoms with Crippen molar-refractivity contribution in [1.29, 1.82) is 0 Å². The van der Waals surface area contributed by atoms with Gasteiger partial charge in [0.1, 0.15) is 0 Å². The largest absolute Gasteiger partial charge is 0.380 e. The van der Waals surface area contributed by atoms with E-state index in [9.17, 15) is 10.1 Å². The van der Waals surface area contributed by atoms with Gasteiger partial charge in [-0.1, -0.05) is 0 Å². The number of nitrogens with zero attached hydrogens (tertiary/aromatic N) is 2. The SMILES string of the molecule is Cc1cnc(CNC2(C)CCCOC2)c(C)c1[N+](=O)[O-]. The van der Waals surface area contributed by atoms with Crippen molar-refractivity contribution in [2.45, 2.75) is 45.7 Å². The van der Waals surface area contributed by atoms with Crippen molar-refractivity contribution in [1.82, 2.24) is 10.3 Å². The van der Waals surface area contributed by atoms with E-state index in [-0.39, 0.29) is 16.1 Å². The summed E-state index contributed by atoms with van der Waals surface area (Å²) in [5, 5.41) is 14.5. The minimum absolute atomic E-state index is 0.0773. The van der Waals surface area contributed by atoms with E-state index in [4.69, 9.17) is 4.74 Å². The van der Waals surface area contributed by atoms with E-state index in [2.05, 4.69) is 17.2 Å². The molecule has 1 aromatic rings. The van der Waals surface area contributed by atoms with E-state index in [0.29, 0.717) is 24.3 Å². The number of rotatable bonds is 4. The third kappa shape index (κ3) is 3.13. The van der Waals surface area contributed by atoms with Gasteiger partial charge in [-0.3, -0.25) is 15.1 Å². The zero-order chi connectivity index (χ0) is 14.8. The zero-order valence-electron chi connectivity index (χ0n) is 12.2. The molecule has 1 aromatic heterocycles. The van der Waals surface area contributed by atoms with Gasteiger partial charge >= 0.3 is 0 Å². The first-order valence-corrected chi connectivity index (χ1v) is 6.85. The van der Waals surface area contributed by atoms with E-state index in [0.717, 1.165) is 25.1 Å². The van der Waals surface area contributed by atoms with Gasteiger partial charge < -0.3 is 10.1 Å². The summed E-state index contributed by atoms with van der Waals surface area (Å²) in [7, 11) is 0. The molecule has 0 saturated carbocycles. The summed E-state index contributed by atoms with van der Waals surface area (Å²) in [4.78, 5) is 15.1. The molecule has 1 unspecified atom stereocenters. The van der Waals surface area contributed by atoms with Crippen LogP contribution in [-0.2, 0) is 11.3 Å². The van der Waals surface area contributed by atoms with Crippen LogP contribution in [0.4, 0.5) is 5.69 Å². The predicted molar refractivity (Wildman–Crippen MR) is 75.7 cm³/mol. The highest BCUT2D eigenvalue weighted by Crippen LogP contribution is 2.25. The van der Waals surface area contributed by atoms with Gasteiger partial charge in [-0.15, -0.1) is 0 Å². The summed E-state index contributed by atoms with van der Waals surface area (Å²) in [5.74, 6) is 0. The Kier molecular flexibility index (Phi) is 4.35. The molecule has 0 aromatic carbocycles. The fraction of sp³-hybridized carbons (Fsp3) is 0.643. The molecule has 0 amide bonds. The molecule has 1 aliphatic heterocycles. The third-order valence-electron chi connectivity index (χ3n) is 3.88. The maximum Gasteiger partial charge on any atom is 0.278 e. The Morgan fingerprint density at radius 2 is 2.30 bits per heavy atom. The molecule has 2 rings (SSSR count). The molecule has 1 atom stereocenters. The van der Waals surface area contributed by atoms with Crippen molar-refractivity contribution in [3.63, 3.8) is 0 Å². The van der Waals surface area contributed by atoms with Crippen molar-refractivity contribution < 1.29 is 9.66 Å². The number of pyridine rings is 1. The van der Waals surface area contributed by atoms with Crippen LogP contribution < -0.4 is 5.32 Å². The standard InChI is InChI=1S/C14H21N3O3/c1-10-7-15-12(11(2)13(10)17(18)19)8-16-14(3)5-4-6-20-9-14/h7,16H,4-6,8-9H2,1-3H3. The topological polar surface area (TPSA) is 77.3 Å². The van der Waals surface area contributed by atoms with Crippen molar-refractivity contribution >= 4 is 5.69 Å². The van der Waals surface area contributed by atoms with Crippen molar-refractivity contribution in [3.05, 3.63) is 33.1 Å². The van der Waals surface area contributed by atoms with Crippen LogP contribution in [0, 0.1) is 24.0 Å². The van der Waals surface area contributed by atoms with Gasteiger partial charge in [-0.05, 0) is 33.6 Å². The van der Waals surface area contributed by atoms with Crippen LogP contribution in [0.3, 0.4) is 0 Å². The summed E-state index contributed by atoms with van der Waals surface area (Å²) in [6.45, 7) is 7.59. The summed E-state index contributed by atoms with van der Waals surface area (Å²) < 4.78 is 5.49. The minimum Gasteiger partial charge on any atom is -0.380 e. The molecule has 1 fully saturated rings. The monoisotopic (exact) mass is 279 g/mol. The summed E-state index contributed by atoms with van der Waals surface area (Å²) in [6.07, 6.45) is 3.64. The van der Waals surface area contributed by atoms with Crippen molar-refractivity contribution in [2.24, 2.45) is 0 Å². The highest BCUT2D eigenvalue weighted by atomic mass is 16.6. The van der Waals surface area contributed by atoms with Gasteiger partial charge in [-0.25, -0.2) is 0 Å². The van der Waals surface area contributed by atoms with Crippen LogP contribution in [0.15, 0.2) is 6.20 Å². The molecule has 1 aliphatic rings. The zero-order valence-corrected chi connectivity index (χ0v) is 12.2. The Hall–Kier alpha value is -1.53. The molecule has 110 valence electrons. The minimum atomic E-state index is -0.332. The summed E-state index contributed by atoms with van der Waals surface area (Å²) in [6, 6.07) is 0. The molecule has 0 aliphatic carbocycles. The lowest BCUT2D eigenvalue weighted by atomic mass is 9.94. The maximum absolute atomic E-state index is 11.1. The van der Waals surface area contributed by atoms with Crippen LogP contribution in [0.5, 0.6) is 0 Å². The van der Waals surface area contributed by atoms with Gasteiger partial charge in [0.25, 0.3) is 5.69 Å². The van der Waals surface area contributed by atoms with Gasteiger partial charge in [-0.2, -0.15) is 0 Å². The highest BCUT2D eigenvalue weighted by molar-refractivity contribution is 5.47. The highest BCUT2D eigenvalue weighted by Gasteiger charge is 2.28.